The Morgan fingerprint density at radius 3 is 2.44 bits per heavy atom. The molecule has 144 valence electrons. The van der Waals surface area contributed by atoms with Gasteiger partial charge in [0.25, 0.3) is 0 Å². The maximum absolute atomic E-state index is 13.6. The van der Waals surface area contributed by atoms with Crippen LogP contribution in [0, 0.1) is 11.6 Å². The van der Waals surface area contributed by atoms with E-state index in [4.69, 9.17) is 9.47 Å². The molecule has 0 aromatic heterocycles. The first kappa shape index (κ1) is 19.1. The SMILES string of the molecule is COc1ccc(CN[C@@H]2CCC(=O)N[C@H]2c2cc(F)cc(F)c2)cc1OC. The van der Waals surface area contributed by atoms with E-state index >= 15 is 0 Å². The molecule has 2 N–H and O–H groups in total. The van der Waals surface area contributed by atoms with Crippen LogP contribution in [0.25, 0.3) is 0 Å². The van der Waals surface area contributed by atoms with Crippen LogP contribution in [-0.2, 0) is 11.3 Å². The number of nitrogens with one attached hydrogen (secondary N) is 2. The van der Waals surface area contributed by atoms with Crippen molar-refractivity contribution >= 4 is 5.91 Å². The van der Waals surface area contributed by atoms with Crippen molar-refractivity contribution in [3.05, 3.63) is 59.2 Å². The molecule has 0 radical (unpaired) electrons. The Bertz CT molecular complexity index is 809. The predicted octanol–water partition coefficient (Wildman–Crippen LogP) is 3.09. The summed E-state index contributed by atoms with van der Waals surface area (Å²) in [6.45, 7) is 0.509. The lowest BCUT2D eigenvalue weighted by atomic mass is 9.91. The van der Waals surface area contributed by atoms with Crippen molar-refractivity contribution in [2.75, 3.05) is 14.2 Å². The maximum Gasteiger partial charge on any atom is 0.220 e. The molecule has 1 saturated heterocycles. The largest absolute Gasteiger partial charge is 0.493 e. The Labute approximate surface area is 156 Å². The molecule has 2 aromatic rings. The number of hydrogen-bond acceptors (Lipinski definition) is 4. The second-order valence-corrected chi connectivity index (χ2v) is 6.46. The van der Waals surface area contributed by atoms with Gasteiger partial charge in [0.1, 0.15) is 11.6 Å². The van der Waals surface area contributed by atoms with Crippen molar-refractivity contribution in [1.82, 2.24) is 10.6 Å². The lowest BCUT2D eigenvalue weighted by Crippen LogP contribution is -2.48. The van der Waals surface area contributed by atoms with Gasteiger partial charge in [0.2, 0.25) is 5.91 Å². The van der Waals surface area contributed by atoms with Crippen molar-refractivity contribution in [1.29, 1.82) is 0 Å². The molecule has 0 saturated carbocycles. The molecule has 7 heteroatoms. The van der Waals surface area contributed by atoms with Crippen molar-refractivity contribution in [3.8, 4) is 11.5 Å². The van der Waals surface area contributed by atoms with Crippen LogP contribution >= 0.6 is 0 Å². The minimum Gasteiger partial charge on any atom is -0.493 e. The monoisotopic (exact) mass is 376 g/mol. The van der Waals surface area contributed by atoms with E-state index in [0.29, 0.717) is 36.4 Å². The number of rotatable bonds is 6. The molecular weight excluding hydrogens is 354 g/mol. The highest BCUT2D eigenvalue weighted by Crippen LogP contribution is 2.29. The normalized spacial score (nSPS) is 19.5. The Morgan fingerprint density at radius 1 is 1.07 bits per heavy atom. The predicted molar refractivity (Wildman–Crippen MR) is 96.6 cm³/mol. The standard InChI is InChI=1S/C20H22F2N2O3/c1-26-17-5-3-12(7-18(17)27-2)11-23-16-4-6-19(25)24-20(16)13-8-14(21)10-15(22)9-13/h3,5,7-10,16,20,23H,4,6,11H2,1-2H3,(H,24,25)/t16-,20+/m1/s1. The Morgan fingerprint density at radius 2 is 1.78 bits per heavy atom. The van der Waals surface area contributed by atoms with Crippen LogP contribution in [0.4, 0.5) is 8.78 Å². The fourth-order valence-electron chi connectivity index (χ4n) is 3.33. The fraction of sp³-hybridized carbons (Fsp3) is 0.350. The molecule has 1 aliphatic heterocycles. The molecule has 0 aliphatic carbocycles. The third-order valence-corrected chi connectivity index (χ3v) is 4.66. The van der Waals surface area contributed by atoms with Crippen molar-refractivity contribution in [2.24, 2.45) is 0 Å². The molecule has 0 unspecified atom stereocenters. The molecule has 27 heavy (non-hydrogen) atoms. The second kappa shape index (κ2) is 8.35. The maximum atomic E-state index is 13.6. The van der Waals surface area contributed by atoms with Gasteiger partial charge in [-0.15, -0.1) is 0 Å². The summed E-state index contributed by atoms with van der Waals surface area (Å²) in [5.74, 6) is -0.197. The van der Waals surface area contributed by atoms with Gasteiger partial charge >= 0.3 is 0 Å². The molecule has 1 amide bonds. The number of amides is 1. The number of carbonyl (C=O) groups is 1. The van der Waals surface area contributed by atoms with Gasteiger partial charge in [-0.1, -0.05) is 6.07 Å². The molecule has 0 spiro atoms. The van der Waals surface area contributed by atoms with Crippen molar-refractivity contribution in [3.63, 3.8) is 0 Å². The van der Waals surface area contributed by atoms with E-state index in [0.717, 1.165) is 11.6 Å². The smallest absolute Gasteiger partial charge is 0.220 e. The molecule has 5 nitrogen and oxygen atoms in total. The lowest BCUT2D eigenvalue weighted by molar-refractivity contribution is -0.123. The van der Waals surface area contributed by atoms with E-state index in [1.54, 1.807) is 14.2 Å². The van der Waals surface area contributed by atoms with Crippen LogP contribution in [0.1, 0.15) is 30.0 Å². The highest BCUT2D eigenvalue weighted by Gasteiger charge is 2.30. The van der Waals surface area contributed by atoms with Gasteiger partial charge in [-0.2, -0.15) is 0 Å². The molecule has 3 rings (SSSR count). The lowest BCUT2D eigenvalue weighted by Gasteiger charge is -2.33. The van der Waals surface area contributed by atoms with E-state index in [1.807, 2.05) is 18.2 Å². The average molecular weight is 376 g/mol. The van der Waals surface area contributed by atoms with Gasteiger partial charge in [0.05, 0.1) is 20.3 Å². The Balaban J connectivity index is 1.76. The zero-order valence-corrected chi connectivity index (χ0v) is 15.2. The van der Waals surface area contributed by atoms with E-state index in [9.17, 15) is 13.6 Å². The zero-order valence-electron chi connectivity index (χ0n) is 15.2. The minimum atomic E-state index is -0.663. The zero-order chi connectivity index (χ0) is 19.4. The Hall–Kier alpha value is -2.67. The van der Waals surface area contributed by atoms with Gasteiger partial charge in [-0.3, -0.25) is 4.79 Å². The summed E-state index contributed by atoms with van der Waals surface area (Å²) in [5.41, 5.74) is 1.37. The minimum absolute atomic E-state index is 0.131. The summed E-state index contributed by atoms with van der Waals surface area (Å²) in [6.07, 6.45) is 0.930. The molecule has 1 fully saturated rings. The summed E-state index contributed by atoms with van der Waals surface area (Å²) < 4.78 is 37.8. The first-order valence-corrected chi connectivity index (χ1v) is 8.70. The van der Waals surface area contributed by atoms with Gasteiger partial charge in [0.15, 0.2) is 11.5 Å². The third kappa shape index (κ3) is 4.54. The van der Waals surface area contributed by atoms with Crippen LogP contribution < -0.4 is 20.1 Å². The average Bonchev–Trinajstić information content (AvgIpc) is 2.66. The van der Waals surface area contributed by atoms with E-state index < -0.39 is 17.7 Å². The molecular formula is C20H22F2N2O3. The van der Waals surface area contributed by atoms with Crippen molar-refractivity contribution < 1.29 is 23.0 Å². The van der Waals surface area contributed by atoms with Gasteiger partial charge in [0, 0.05) is 25.1 Å². The summed E-state index contributed by atoms with van der Waals surface area (Å²) in [6, 6.07) is 8.26. The van der Waals surface area contributed by atoms with Crippen molar-refractivity contribution in [2.45, 2.75) is 31.5 Å². The molecule has 1 heterocycles. The summed E-state index contributed by atoms with van der Waals surface area (Å²) in [5, 5.41) is 6.21. The second-order valence-electron chi connectivity index (χ2n) is 6.46. The number of methoxy groups -OCH3 is 2. The number of ether oxygens (including phenoxy) is 2. The number of halogens is 2. The first-order chi connectivity index (χ1) is 13.0. The molecule has 0 bridgehead atoms. The molecule has 1 aliphatic rings. The van der Waals surface area contributed by atoms with Gasteiger partial charge in [-0.05, 0) is 41.8 Å². The van der Waals surface area contributed by atoms with Crippen LogP contribution in [0.15, 0.2) is 36.4 Å². The molecule has 2 aromatic carbocycles. The number of piperidine rings is 1. The first-order valence-electron chi connectivity index (χ1n) is 8.70. The topological polar surface area (TPSA) is 59.6 Å². The fourth-order valence-corrected chi connectivity index (χ4v) is 3.33. The summed E-state index contributed by atoms with van der Waals surface area (Å²) in [4.78, 5) is 11.8. The quantitative estimate of drug-likeness (QED) is 0.814. The van der Waals surface area contributed by atoms with Gasteiger partial charge < -0.3 is 20.1 Å². The van der Waals surface area contributed by atoms with Crippen LogP contribution in [-0.4, -0.2) is 26.2 Å². The van der Waals surface area contributed by atoms with Crippen LogP contribution in [0.5, 0.6) is 11.5 Å². The number of carbonyl (C=O) groups excluding carboxylic acids is 1. The van der Waals surface area contributed by atoms with Crippen LogP contribution in [0.3, 0.4) is 0 Å². The van der Waals surface area contributed by atoms with E-state index in [-0.39, 0.29) is 11.9 Å². The van der Waals surface area contributed by atoms with Crippen LogP contribution in [0.2, 0.25) is 0 Å². The van der Waals surface area contributed by atoms with Gasteiger partial charge in [-0.25, -0.2) is 8.78 Å². The summed E-state index contributed by atoms with van der Waals surface area (Å²) in [7, 11) is 3.14. The van der Waals surface area contributed by atoms with E-state index in [2.05, 4.69) is 10.6 Å². The number of hydrogen-bond donors (Lipinski definition) is 2. The number of benzene rings is 2. The summed E-state index contributed by atoms with van der Waals surface area (Å²) >= 11 is 0. The Kier molecular flexibility index (Phi) is 5.91. The van der Waals surface area contributed by atoms with E-state index in [1.165, 1.54) is 12.1 Å². The highest BCUT2D eigenvalue weighted by atomic mass is 19.1. The molecule has 2 atom stereocenters. The highest BCUT2D eigenvalue weighted by molar-refractivity contribution is 5.77. The third-order valence-electron chi connectivity index (χ3n) is 4.66.